The summed E-state index contributed by atoms with van der Waals surface area (Å²) in [7, 11) is -4.23. The Morgan fingerprint density at radius 2 is 1.86 bits per heavy atom. The zero-order chi connectivity index (χ0) is 17.0. The first-order valence-electron chi connectivity index (χ1n) is 8.64. The van der Waals surface area contributed by atoms with Gasteiger partial charge in [0.05, 0.1) is 12.7 Å². The molecule has 1 atom stereocenters. The SMILES string of the molecule is CCP(=O)(CC)OC1CCCC=C1CO[Si](C)(C)C(C)(C)C. The number of hydrogen-bond acceptors (Lipinski definition) is 3. The molecule has 0 heterocycles. The summed E-state index contributed by atoms with van der Waals surface area (Å²) >= 11 is 0. The van der Waals surface area contributed by atoms with E-state index in [1.807, 2.05) is 13.8 Å². The van der Waals surface area contributed by atoms with E-state index in [2.05, 4.69) is 39.9 Å². The van der Waals surface area contributed by atoms with Crippen LogP contribution in [-0.4, -0.2) is 33.4 Å². The Balaban J connectivity index is 2.75. The predicted octanol–water partition coefficient (Wildman–Crippen LogP) is 5.82. The minimum atomic E-state index is -2.47. The average molecular weight is 347 g/mol. The van der Waals surface area contributed by atoms with Crippen LogP contribution in [0.3, 0.4) is 0 Å². The smallest absolute Gasteiger partial charge is 0.203 e. The summed E-state index contributed by atoms with van der Waals surface area (Å²) < 4.78 is 25.1. The van der Waals surface area contributed by atoms with Crippen molar-refractivity contribution in [1.82, 2.24) is 0 Å². The largest absolute Gasteiger partial charge is 0.413 e. The van der Waals surface area contributed by atoms with Crippen LogP contribution in [-0.2, 0) is 13.5 Å². The van der Waals surface area contributed by atoms with Crippen molar-refractivity contribution in [2.24, 2.45) is 0 Å². The first-order chi connectivity index (χ1) is 10.0. The highest BCUT2D eigenvalue weighted by Crippen LogP contribution is 2.49. The quantitative estimate of drug-likeness (QED) is 0.331. The first kappa shape index (κ1) is 20.2. The fourth-order valence-corrected chi connectivity index (χ4v) is 4.68. The third kappa shape index (κ3) is 5.33. The van der Waals surface area contributed by atoms with E-state index in [0.29, 0.717) is 18.9 Å². The molecule has 3 nitrogen and oxygen atoms in total. The molecule has 1 aliphatic rings. The minimum absolute atomic E-state index is 0.00995. The number of rotatable bonds is 7. The molecule has 0 spiro atoms. The summed E-state index contributed by atoms with van der Waals surface area (Å²) in [5, 5.41) is 0.209. The fourth-order valence-electron chi connectivity index (χ4n) is 2.26. The molecule has 0 bridgehead atoms. The van der Waals surface area contributed by atoms with Gasteiger partial charge >= 0.3 is 0 Å². The molecule has 22 heavy (non-hydrogen) atoms. The molecule has 1 rings (SSSR count). The van der Waals surface area contributed by atoms with Crippen molar-refractivity contribution in [3.05, 3.63) is 11.6 Å². The molecule has 0 fully saturated rings. The van der Waals surface area contributed by atoms with Gasteiger partial charge in [-0.1, -0.05) is 40.7 Å². The van der Waals surface area contributed by atoms with Crippen LogP contribution in [0.25, 0.3) is 0 Å². The van der Waals surface area contributed by atoms with Gasteiger partial charge in [-0.2, -0.15) is 0 Å². The fraction of sp³-hybridized carbons (Fsp3) is 0.882. The molecule has 0 saturated carbocycles. The van der Waals surface area contributed by atoms with Crippen molar-refractivity contribution < 1.29 is 13.5 Å². The van der Waals surface area contributed by atoms with Gasteiger partial charge < -0.3 is 8.95 Å². The Morgan fingerprint density at radius 3 is 2.36 bits per heavy atom. The summed E-state index contributed by atoms with van der Waals surface area (Å²) in [4.78, 5) is 0. The van der Waals surface area contributed by atoms with Crippen LogP contribution in [0.1, 0.15) is 53.9 Å². The second-order valence-electron chi connectivity index (χ2n) is 7.80. The van der Waals surface area contributed by atoms with Gasteiger partial charge in [-0.25, -0.2) is 0 Å². The highest BCUT2D eigenvalue weighted by Gasteiger charge is 2.38. The van der Waals surface area contributed by atoms with Gasteiger partial charge in [0.1, 0.15) is 0 Å². The zero-order valence-electron chi connectivity index (χ0n) is 15.6. The lowest BCUT2D eigenvalue weighted by Crippen LogP contribution is -2.42. The molecule has 1 unspecified atom stereocenters. The van der Waals surface area contributed by atoms with Gasteiger partial charge in [-0.15, -0.1) is 0 Å². The minimum Gasteiger partial charge on any atom is -0.413 e. The van der Waals surface area contributed by atoms with Crippen LogP contribution in [0.2, 0.25) is 18.1 Å². The van der Waals surface area contributed by atoms with Crippen LogP contribution in [0.5, 0.6) is 0 Å². The van der Waals surface area contributed by atoms with Crippen LogP contribution in [0.15, 0.2) is 11.6 Å². The van der Waals surface area contributed by atoms with Crippen molar-refractivity contribution in [1.29, 1.82) is 0 Å². The van der Waals surface area contributed by atoms with Crippen LogP contribution >= 0.6 is 7.37 Å². The Kier molecular flexibility index (Phi) is 7.13. The molecule has 0 saturated heterocycles. The van der Waals surface area contributed by atoms with Crippen molar-refractivity contribution in [2.75, 3.05) is 18.9 Å². The molecule has 0 amide bonds. The molecule has 0 aromatic rings. The van der Waals surface area contributed by atoms with Crippen molar-refractivity contribution in [2.45, 2.75) is 78.1 Å². The average Bonchev–Trinajstić information content (AvgIpc) is 2.45. The van der Waals surface area contributed by atoms with Gasteiger partial charge in [0.15, 0.2) is 8.32 Å². The maximum Gasteiger partial charge on any atom is 0.203 e. The molecular weight excluding hydrogens is 311 g/mol. The molecular formula is C17H35O3PSi. The van der Waals surface area contributed by atoms with E-state index in [1.165, 1.54) is 5.57 Å². The second-order valence-corrected chi connectivity index (χ2v) is 15.7. The van der Waals surface area contributed by atoms with Crippen molar-refractivity contribution >= 4 is 15.7 Å². The predicted molar refractivity (Wildman–Crippen MR) is 98.6 cm³/mol. The van der Waals surface area contributed by atoms with Crippen LogP contribution in [0, 0.1) is 0 Å². The summed E-state index contributed by atoms with van der Waals surface area (Å²) in [6.45, 7) is 15.9. The Bertz CT molecular complexity index is 430. The molecule has 1 aliphatic carbocycles. The maximum atomic E-state index is 12.6. The highest BCUT2D eigenvalue weighted by atomic mass is 31.2. The number of hydrogen-bond donors (Lipinski definition) is 0. The third-order valence-electron chi connectivity index (χ3n) is 5.18. The van der Waals surface area contributed by atoms with E-state index in [0.717, 1.165) is 19.3 Å². The third-order valence-corrected chi connectivity index (χ3v) is 12.2. The van der Waals surface area contributed by atoms with E-state index in [9.17, 15) is 4.57 Å². The Labute approximate surface area is 138 Å². The Morgan fingerprint density at radius 1 is 1.27 bits per heavy atom. The molecule has 0 aromatic carbocycles. The molecule has 130 valence electrons. The highest BCUT2D eigenvalue weighted by molar-refractivity contribution is 7.58. The Hall–Kier alpha value is 0.107. The van der Waals surface area contributed by atoms with Crippen molar-refractivity contribution in [3.8, 4) is 0 Å². The number of allylic oxidation sites excluding steroid dienone is 1. The normalized spacial score (nSPS) is 20.9. The van der Waals surface area contributed by atoms with Gasteiger partial charge in [0.2, 0.25) is 7.37 Å². The lowest BCUT2D eigenvalue weighted by atomic mass is 9.97. The van der Waals surface area contributed by atoms with Crippen LogP contribution < -0.4 is 0 Å². The lowest BCUT2D eigenvalue weighted by Gasteiger charge is -2.37. The maximum absolute atomic E-state index is 12.6. The topological polar surface area (TPSA) is 35.5 Å². The van der Waals surface area contributed by atoms with E-state index < -0.39 is 15.7 Å². The molecule has 0 N–H and O–H groups in total. The monoisotopic (exact) mass is 346 g/mol. The lowest BCUT2D eigenvalue weighted by molar-refractivity contribution is 0.195. The summed E-state index contributed by atoms with van der Waals surface area (Å²) in [5.74, 6) is 0. The summed E-state index contributed by atoms with van der Waals surface area (Å²) in [6, 6.07) is 0. The van der Waals surface area contributed by atoms with Gasteiger partial charge in [0.25, 0.3) is 0 Å². The summed E-state index contributed by atoms with van der Waals surface area (Å²) in [6.07, 6.45) is 6.64. The second kappa shape index (κ2) is 7.79. The van der Waals surface area contributed by atoms with E-state index in [-0.39, 0.29) is 11.1 Å². The zero-order valence-corrected chi connectivity index (χ0v) is 17.5. The van der Waals surface area contributed by atoms with Crippen LogP contribution in [0.4, 0.5) is 0 Å². The standard InChI is InChI=1S/C17H35O3PSi/c1-8-21(18,9-2)20-16-13-11-10-12-15(16)14-19-22(6,7)17(3,4)5/h12,16H,8-11,13-14H2,1-7H3. The summed E-state index contributed by atoms with van der Waals surface area (Å²) in [5.41, 5.74) is 1.21. The molecule has 5 heteroatoms. The molecule has 0 aromatic heterocycles. The van der Waals surface area contributed by atoms with E-state index in [1.54, 1.807) is 0 Å². The van der Waals surface area contributed by atoms with E-state index in [4.69, 9.17) is 8.95 Å². The van der Waals surface area contributed by atoms with Crippen molar-refractivity contribution in [3.63, 3.8) is 0 Å². The molecule has 0 aliphatic heterocycles. The van der Waals surface area contributed by atoms with Gasteiger partial charge in [-0.05, 0) is 43.0 Å². The van der Waals surface area contributed by atoms with E-state index >= 15 is 0 Å². The van der Waals surface area contributed by atoms with Gasteiger partial charge in [0, 0.05) is 12.3 Å². The van der Waals surface area contributed by atoms with Gasteiger partial charge in [-0.3, -0.25) is 4.57 Å². The molecule has 0 radical (unpaired) electrons. The first-order valence-corrected chi connectivity index (χ1v) is 13.5.